The lowest BCUT2D eigenvalue weighted by atomic mass is 9.46. The molecule has 0 radical (unpaired) electrons. The molecule has 2 N–H and O–H groups in total. The van der Waals surface area contributed by atoms with Crippen molar-refractivity contribution >= 4 is 23.5 Å². The van der Waals surface area contributed by atoms with E-state index in [1.54, 1.807) is 12.2 Å². The summed E-state index contributed by atoms with van der Waals surface area (Å²) in [6.45, 7) is 3.60. The van der Waals surface area contributed by atoms with Crippen molar-refractivity contribution in [3.63, 3.8) is 0 Å². The van der Waals surface area contributed by atoms with E-state index in [9.17, 15) is 24.3 Å². The number of fused-ring (bicyclic) bond motifs is 5. The van der Waals surface area contributed by atoms with Crippen LogP contribution in [-0.2, 0) is 23.9 Å². The maximum atomic E-state index is 12.8. The molecular weight excluding hydrogens is 388 g/mol. The second-order valence-electron chi connectivity index (χ2n) is 9.78. The molecule has 4 aliphatic rings. The van der Waals surface area contributed by atoms with Gasteiger partial charge in [0.1, 0.15) is 0 Å². The largest absolute Gasteiger partial charge is 0.473 e. The number of ketones is 2. The van der Waals surface area contributed by atoms with Crippen LogP contribution in [0.15, 0.2) is 23.8 Å². The van der Waals surface area contributed by atoms with Crippen LogP contribution in [0.1, 0.15) is 46.0 Å². The van der Waals surface area contributed by atoms with Crippen LogP contribution in [-0.4, -0.2) is 46.4 Å². The first kappa shape index (κ1) is 21.0. The van der Waals surface area contributed by atoms with Crippen molar-refractivity contribution in [1.29, 1.82) is 0 Å². The topological polar surface area (TPSA) is 118 Å². The number of rotatable bonds is 3. The number of carboxylic acids is 1. The van der Waals surface area contributed by atoms with Crippen molar-refractivity contribution in [2.45, 2.75) is 52.1 Å². The molecule has 0 aromatic heterocycles. The number of aliphatic hydroxyl groups excluding tert-OH is 1. The minimum Gasteiger partial charge on any atom is -0.473 e. The standard InChI is InChI=1S/C23H28O7/c1-22-8-7-13(24)9-12(22)3-4-14-15-5-6-16(18(26)11-30-21(29)20(27)28)23(15,2)10-17(25)19(14)22/h7-9,14-17,19,25H,3-6,10-11H2,1-2H3,(H,27,28). The average molecular weight is 416 g/mol. The quantitative estimate of drug-likeness (QED) is 0.534. The van der Waals surface area contributed by atoms with E-state index < -0.39 is 30.1 Å². The summed E-state index contributed by atoms with van der Waals surface area (Å²) < 4.78 is 4.63. The van der Waals surface area contributed by atoms with Gasteiger partial charge in [0.15, 0.2) is 18.2 Å². The molecule has 7 unspecified atom stereocenters. The van der Waals surface area contributed by atoms with Gasteiger partial charge in [-0.2, -0.15) is 0 Å². The summed E-state index contributed by atoms with van der Waals surface area (Å²) in [5.74, 6) is -3.30. The zero-order valence-corrected chi connectivity index (χ0v) is 17.3. The molecule has 4 aliphatic carbocycles. The fourth-order valence-electron chi connectivity index (χ4n) is 7.15. The smallest absolute Gasteiger partial charge is 0.417 e. The number of carboxylic acid groups (broad SMARTS) is 1. The number of aliphatic carboxylic acids is 1. The molecule has 3 fully saturated rings. The van der Waals surface area contributed by atoms with Crippen LogP contribution in [0.4, 0.5) is 0 Å². The lowest BCUT2D eigenvalue weighted by molar-refractivity contribution is -0.166. The number of Topliss-reactive ketones (excluding diaryl/α,β-unsaturated/α-hetero) is 1. The van der Waals surface area contributed by atoms with Gasteiger partial charge in [0.05, 0.1) is 6.10 Å². The van der Waals surface area contributed by atoms with Crippen LogP contribution in [0.25, 0.3) is 0 Å². The van der Waals surface area contributed by atoms with Crippen molar-refractivity contribution in [3.05, 3.63) is 23.8 Å². The summed E-state index contributed by atoms with van der Waals surface area (Å²) in [5.41, 5.74) is 0.320. The molecule has 0 spiro atoms. The van der Waals surface area contributed by atoms with Crippen molar-refractivity contribution in [2.75, 3.05) is 6.61 Å². The highest BCUT2D eigenvalue weighted by atomic mass is 16.6. The average Bonchev–Trinajstić information content (AvgIpc) is 3.02. The van der Waals surface area contributed by atoms with E-state index in [1.165, 1.54) is 0 Å². The predicted molar refractivity (Wildman–Crippen MR) is 105 cm³/mol. The van der Waals surface area contributed by atoms with Gasteiger partial charge in [0, 0.05) is 17.3 Å². The number of esters is 1. The van der Waals surface area contributed by atoms with Gasteiger partial charge in [0.2, 0.25) is 0 Å². The van der Waals surface area contributed by atoms with Crippen molar-refractivity contribution in [1.82, 2.24) is 0 Å². The first-order chi connectivity index (χ1) is 14.1. The summed E-state index contributed by atoms with van der Waals surface area (Å²) in [7, 11) is 0. The number of allylic oxidation sites excluding steroid dienone is 4. The Morgan fingerprint density at radius 3 is 2.63 bits per heavy atom. The number of ether oxygens (including phenoxy) is 1. The molecule has 0 aromatic carbocycles. The Labute approximate surface area is 175 Å². The van der Waals surface area contributed by atoms with Crippen LogP contribution in [0.2, 0.25) is 0 Å². The Kier molecular flexibility index (Phi) is 5.00. The molecule has 3 saturated carbocycles. The number of hydrogen-bond donors (Lipinski definition) is 2. The van der Waals surface area contributed by atoms with E-state index >= 15 is 0 Å². The third kappa shape index (κ3) is 3.06. The number of hydrogen-bond acceptors (Lipinski definition) is 6. The van der Waals surface area contributed by atoms with Gasteiger partial charge >= 0.3 is 11.9 Å². The fraction of sp³-hybridized carbons (Fsp3) is 0.652. The maximum absolute atomic E-state index is 12.8. The predicted octanol–water partition coefficient (Wildman–Crippen LogP) is 2.08. The molecule has 0 heterocycles. The molecule has 162 valence electrons. The van der Waals surface area contributed by atoms with Crippen LogP contribution >= 0.6 is 0 Å². The molecule has 0 bridgehead atoms. The van der Waals surface area contributed by atoms with E-state index in [-0.39, 0.29) is 40.7 Å². The Balaban J connectivity index is 1.57. The Morgan fingerprint density at radius 2 is 1.93 bits per heavy atom. The lowest BCUT2D eigenvalue weighted by Crippen LogP contribution is -2.56. The molecular formula is C23H28O7. The SMILES string of the molecule is CC12C=CC(=O)C=C1CCC1C2C(O)CC2(C)C(C(=O)COC(=O)C(=O)O)CCC12. The Hall–Kier alpha value is -2.28. The third-order valence-corrected chi connectivity index (χ3v) is 8.40. The summed E-state index contributed by atoms with van der Waals surface area (Å²) in [6.07, 6.45) is 8.31. The normalized spacial score (nSPS) is 41.9. The molecule has 0 aromatic rings. The summed E-state index contributed by atoms with van der Waals surface area (Å²) in [6, 6.07) is 0. The molecule has 30 heavy (non-hydrogen) atoms. The summed E-state index contributed by atoms with van der Waals surface area (Å²) in [4.78, 5) is 46.5. The molecule has 4 rings (SSSR count). The van der Waals surface area contributed by atoms with E-state index in [4.69, 9.17) is 5.11 Å². The van der Waals surface area contributed by atoms with Gasteiger partial charge in [0.25, 0.3) is 0 Å². The zero-order valence-electron chi connectivity index (χ0n) is 17.3. The van der Waals surface area contributed by atoms with Crippen molar-refractivity contribution in [2.24, 2.45) is 34.5 Å². The lowest BCUT2D eigenvalue weighted by Gasteiger charge is -2.58. The highest BCUT2D eigenvalue weighted by Gasteiger charge is 2.62. The van der Waals surface area contributed by atoms with Crippen molar-refractivity contribution in [3.8, 4) is 0 Å². The van der Waals surface area contributed by atoms with Crippen molar-refractivity contribution < 1.29 is 34.1 Å². The monoisotopic (exact) mass is 416 g/mol. The molecule has 7 heteroatoms. The van der Waals surface area contributed by atoms with E-state index in [2.05, 4.69) is 11.7 Å². The molecule has 0 amide bonds. The third-order valence-electron chi connectivity index (χ3n) is 8.40. The van der Waals surface area contributed by atoms with Gasteiger partial charge in [-0.1, -0.05) is 25.5 Å². The first-order valence-corrected chi connectivity index (χ1v) is 10.6. The minimum atomic E-state index is -1.72. The van der Waals surface area contributed by atoms with E-state index in [0.717, 1.165) is 24.8 Å². The van der Waals surface area contributed by atoms with Gasteiger partial charge in [-0.25, -0.2) is 9.59 Å². The van der Waals surface area contributed by atoms with Crippen LogP contribution in [0.3, 0.4) is 0 Å². The Bertz CT molecular complexity index is 871. The number of carbonyl (C=O) groups is 4. The zero-order chi connectivity index (χ0) is 21.8. The van der Waals surface area contributed by atoms with Gasteiger partial charge in [-0.15, -0.1) is 0 Å². The van der Waals surface area contributed by atoms with E-state index in [0.29, 0.717) is 12.8 Å². The van der Waals surface area contributed by atoms with Crippen LogP contribution in [0.5, 0.6) is 0 Å². The Morgan fingerprint density at radius 1 is 1.20 bits per heavy atom. The summed E-state index contributed by atoms with van der Waals surface area (Å²) in [5, 5.41) is 19.9. The molecule has 0 aliphatic heterocycles. The summed E-state index contributed by atoms with van der Waals surface area (Å²) >= 11 is 0. The molecule has 0 saturated heterocycles. The van der Waals surface area contributed by atoms with Crippen LogP contribution in [0, 0.1) is 34.5 Å². The fourth-order valence-corrected chi connectivity index (χ4v) is 7.15. The molecule has 7 atom stereocenters. The first-order valence-electron chi connectivity index (χ1n) is 10.6. The second-order valence-corrected chi connectivity index (χ2v) is 9.78. The second kappa shape index (κ2) is 7.15. The van der Waals surface area contributed by atoms with E-state index in [1.807, 2.05) is 13.0 Å². The number of aliphatic hydroxyl groups is 1. The number of carbonyl (C=O) groups excluding carboxylic acids is 3. The highest BCUT2D eigenvalue weighted by molar-refractivity contribution is 6.28. The van der Waals surface area contributed by atoms with Crippen LogP contribution < -0.4 is 0 Å². The maximum Gasteiger partial charge on any atom is 0.417 e. The minimum absolute atomic E-state index is 0.00128. The van der Waals surface area contributed by atoms with Gasteiger partial charge in [-0.3, -0.25) is 9.59 Å². The van der Waals surface area contributed by atoms with Gasteiger partial charge in [-0.05, 0) is 61.5 Å². The highest BCUT2D eigenvalue weighted by Crippen LogP contribution is 2.66. The molecule has 7 nitrogen and oxygen atoms in total. The van der Waals surface area contributed by atoms with Gasteiger partial charge < -0.3 is 14.9 Å².